The van der Waals surface area contributed by atoms with Gasteiger partial charge in [-0.1, -0.05) is 12.1 Å². The normalized spacial score (nSPS) is 10.1. The van der Waals surface area contributed by atoms with Crippen LogP contribution >= 0.6 is 0 Å². The Morgan fingerprint density at radius 1 is 1.25 bits per heavy atom. The van der Waals surface area contributed by atoms with Crippen molar-refractivity contribution >= 4 is 5.82 Å². The van der Waals surface area contributed by atoms with Crippen LogP contribution in [-0.4, -0.2) is 16.6 Å². The number of aryl methyl sites for hydroxylation is 2. The predicted molar refractivity (Wildman–Crippen MR) is 78.7 cm³/mol. The molecule has 4 nitrogen and oxygen atoms in total. The molecule has 0 aliphatic carbocycles. The summed E-state index contributed by atoms with van der Waals surface area (Å²) in [5, 5.41) is 21.6. The smallest absolute Gasteiger partial charge is 0.144 e. The van der Waals surface area contributed by atoms with Crippen LogP contribution in [0.25, 0.3) is 0 Å². The molecule has 0 radical (unpaired) electrons. The van der Waals surface area contributed by atoms with Crippen LogP contribution in [0.2, 0.25) is 0 Å². The molecule has 2 N–H and O–H groups in total. The number of aromatic nitrogens is 1. The van der Waals surface area contributed by atoms with Gasteiger partial charge in [0, 0.05) is 12.2 Å². The number of hydrogen-bond acceptors (Lipinski definition) is 4. The Morgan fingerprint density at radius 3 is 2.60 bits per heavy atom. The maximum Gasteiger partial charge on any atom is 0.144 e. The molecule has 0 bridgehead atoms. The van der Waals surface area contributed by atoms with Gasteiger partial charge in [-0.05, 0) is 49.6 Å². The van der Waals surface area contributed by atoms with E-state index in [1.165, 1.54) is 0 Å². The van der Waals surface area contributed by atoms with Crippen molar-refractivity contribution in [2.24, 2.45) is 0 Å². The first-order chi connectivity index (χ1) is 9.60. The molecular weight excluding hydrogens is 250 g/mol. The highest BCUT2D eigenvalue weighted by Gasteiger charge is 2.07. The van der Waals surface area contributed by atoms with E-state index >= 15 is 0 Å². The van der Waals surface area contributed by atoms with Gasteiger partial charge < -0.3 is 10.4 Å². The van der Waals surface area contributed by atoms with Crippen LogP contribution in [0.4, 0.5) is 5.82 Å². The molecule has 2 aromatic rings. The number of nitriles is 1. The van der Waals surface area contributed by atoms with Crippen LogP contribution < -0.4 is 5.32 Å². The van der Waals surface area contributed by atoms with Crippen molar-refractivity contribution < 1.29 is 5.11 Å². The van der Waals surface area contributed by atoms with E-state index in [0.29, 0.717) is 17.9 Å². The maximum absolute atomic E-state index is 9.23. The molecule has 102 valence electrons. The number of phenols is 1. The average Bonchev–Trinajstić information content (AvgIpc) is 2.40. The van der Waals surface area contributed by atoms with Gasteiger partial charge in [0.05, 0.1) is 5.56 Å². The monoisotopic (exact) mass is 267 g/mol. The average molecular weight is 267 g/mol. The Morgan fingerprint density at radius 2 is 1.95 bits per heavy atom. The minimum absolute atomic E-state index is 0.268. The molecule has 0 atom stereocenters. The minimum atomic E-state index is 0.268. The van der Waals surface area contributed by atoms with E-state index in [-0.39, 0.29) is 5.75 Å². The van der Waals surface area contributed by atoms with Gasteiger partial charge in [0.15, 0.2) is 0 Å². The Kier molecular flexibility index (Phi) is 4.21. The van der Waals surface area contributed by atoms with E-state index in [2.05, 4.69) is 16.4 Å². The minimum Gasteiger partial charge on any atom is -0.508 e. The van der Waals surface area contributed by atoms with Gasteiger partial charge in [-0.2, -0.15) is 5.26 Å². The number of nitrogens with one attached hydrogen (secondary N) is 1. The summed E-state index contributed by atoms with van der Waals surface area (Å²) in [6.07, 6.45) is 0.805. The van der Waals surface area contributed by atoms with Crippen LogP contribution in [0.15, 0.2) is 30.3 Å². The standard InChI is InChI=1S/C16H17N3O/c1-11-9-12(2)19-16(15(11)10-17)18-8-7-13-3-5-14(20)6-4-13/h3-6,9,20H,7-8H2,1-2H3,(H,18,19). The summed E-state index contributed by atoms with van der Waals surface area (Å²) in [5.74, 6) is 0.910. The van der Waals surface area contributed by atoms with Crippen LogP contribution in [0, 0.1) is 25.2 Å². The van der Waals surface area contributed by atoms with E-state index in [0.717, 1.165) is 23.2 Å². The van der Waals surface area contributed by atoms with Gasteiger partial charge >= 0.3 is 0 Å². The summed E-state index contributed by atoms with van der Waals surface area (Å²) in [5.41, 5.74) is 3.56. The van der Waals surface area contributed by atoms with E-state index in [1.54, 1.807) is 12.1 Å². The van der Waals surface area contributed by atoms with Gasteiger partial charge in [-0.3, -0.25) is 0 Å². The lowest BCUT2D eigenvalue weighted by Gasteiger charge is -2.10. The Labute approximate surface area is 118 Å². The zero-order valence-corrected chi connectivity index (χ0v) is 11.6. The third-order valence-corrected chi connectivity index (χ3v) is 3.10. The summed E-state index contributed by atoms with van der Waals surface area (Å²) in [7, 11) is 0. The van der Waals surface area contributed by atoms with E-state index in [1.807, 2.05) is 32.0 Å². The fourth-order valence-corrected chi connectivity index (χ4v) is 2.09. The van der Waals surface area contributed by atoms with Crippen molar-refractivity contribution in [2.75, 3.05) is 11.9 Å². The van der Waals surface area contributed by atoms with Crippen LogP contribution in [0.1, 0.15) is 22.4 Å². The summed E-state index contributed by atoms with van der Waals surface area (Å²) < 4.78 is 0. The fourth-order valence-electron chi connectivity index (χ4n) is 2.09. The number of anilines is 1. The topological polar surface area (TPSA) is 68.9 Å². The fraction of sp³-hybridized carbons (Fsp3) is 0.250. The molecule has 0 saturated heterocycles. The van der Waals surface area contributed by atoms with Crippen molar-refractivity contribution in [2.45, 2.75) is 20.3 Å². The SMILES string of the molecule is Cc1cc(C)c(C#N)c(NCCc2ccc(O)cc2)n1. The molecule has 0 fully saturated rings. The van der Waals surface area contributed by atoms with Crippen molar-refractivity contribution in [3.8, 4) is 11.8 Å². The molecule has 0 saturated carbocycles. The van der Waals surface area contributed by atoms with Gasteiger partial charge in [-0.25, -0.2) is 4.98 Å². The second-order valence-electron chi connectivity index (χ2n) is 4.76. The Bertz CT molecular complexity index is 642. The second kappa shape index (κ2) is 6.07. The summed E-state index contributed by atoms with van der Waals surface area (Å²) in [4.78, 5) is 4.38. The van der Waals surface area contributed by atoms with E-state index < -0.39 is 0 Å². The number of nitrogens with zero attached hydrogens (tertiary/aromatic N) is 2. The number of hydrogen-bond donors (Lipinski definition) is 2. The molecule has 1 heterocycles. The highest BCUT2D eigenvalue weighted by molar-refractivity contribution is 5.56. The number of phenolic OH excluding ortho intramolecular Hbond substituents is 1. The van der Waals surface area contributed by atoms with Crippen molar-refractivity contribution in [1.29, 1.82) is 5.26 Å². The predicted octanol–water partition coefficient (Wildman–Crippen LogP) is 2.93. The van der Waals surface area contributed by atoms with Gasteiger partial charge in [-0.15, -0.1) is 0 Å². The molecule has 0 unspecified atom stereocenters. The second-order valence-corrected chi connectivity index (χ2v) is 4.76. The zero-order chi connectivity index (χ0) is 14.5. The van der Waals surface area contributed by atoms with Gasteiger partial charge in [0.25, 0.3) is 0 Å². The number of aromatic hydroxyl groups is 1. The first-order valence-corrected chi connectivity index (χ1v) is 6.50. The molecule has 0 amide bonds. The highest BCUT2D eigenvalue weighted by atomic mass is 16.3. The molecule has 0 aliphatic heterocycles. The zero-order valence-electron chi connectivity index (χ0n) is 11.6. The maximum atomic E-state index is 9.23. The van der Waals surface area contributed by atoms with Crippen molar-refractivity contribution in [1.82, 2.24) is 4.98 Å². The molecule has 1 aromatic heterocycles. The lowest BCUT2D eigenvalue weighted by atomic mass is 10.1. The Balaban J connectivity index is 2.04. The van der Waals surface area contributed by atoms with Gasteiger partial charge in [0.2, 0.25) is 0 Å². The molecule has 0 spiro atoms. The molecule has 4 heteroatoms. The van der Waals surface area contributed by atoms with Crippen LogP contribution in [-0.2, 0) is 6.42 Å². The van der Waals surface area contributed by atoms with Crippen molar-refractivity contribution in [3.05, 3.63) is 52.7 Å². The number of pyridine rings is 1. The Hall–Kier alpha value is -2.54. The summed E-state index contributed by atoms with van der Waals surface area (Å²) in [6, 6.07) is 11.2. The third kappa shape index (κ3) is 3.27. The van der Waals surface area contributed by atoms with Crippen LogP contribution in [0.3, 0.4) is 0 Å². The molecule has 20 heavy (non-hydrogen) atoms. The van der Waals surface area contributed by atoms with Crippen molar-refractivity contribution in [3.63, 3.8) is 0 Å². The number of benzene rings is 1. The lowest BCUT2D eigenvalue weighted by Crippen LogP contribution is -2.09. The largest absolute Gasteiger partial charge is 0.508 e. The third-order valence-electron chi connectivity index (χ3n) is 3.10. The summed E-state index contributed by atoms with van der Waals surface area (Å²) >= 11 is 0. The highest BCUT2D eigenvalue weighted by Crippen LogP contribution is 2.17. The molecule has 2 rings (SSSR count). The van der Waals surface area contributed by atoms with Crippen LogP contribution in [0.5, 0.6) is 5.75 Å². The lowest BCUT2D eigenvalue weighted by molar-refractivity contribution is 0.475. The molecule has 1 aromatic carbocycles. The quantitative estimate of drug-likeness (QED) is 0.893. The van der Waals surface area contributed by atoms with E-state index in [4.69, 9.17) is 0 Å². The summed E-state index contributed by atoms with van der Waals surface area (Å²) in [6.45, 7) is 4.52. The van der Waals surface area contributed by atoms with E-state index in [9.17, 15) is 10.4 Å². The first-order valence-electron chi connectivity index (χ1n) is 6.50. The first kappa shape index (κ1) is 13.9. The molecular formula is C16H17N3O. The molecule has 0 aliphatic rings. The van der Waals surface area contributed by atoms with Gasteiger partial charge in [0.1, 0.15) is 17.6 Å². The number of rotatable bonds is 4.